The molecule has 0 heterocycles. The van der Waals surface area contributed by atoms with Crippen LogP contribution in [0.5, 0.6) is 0 Å². The van der Waals surface area contributed by atoms with Crippen molar-refractivity contribution in [2.24, 2.45) is 4.99 Å². The fourth-order valence-electron chi connectivity index (χ4n) is 2.58. The molecular formula is C14H28F3IN4. The zero-order valence-electron chi connectivity index (χ0n) is 13.4. The molecule has 0 bridgehead atoms. The van der Waals surface area contributed by atoms with Crippen LogP contribution in [-0.4, -0.2) is 56.8 Å². The Morgan fingerprint density at radius 3 is 2.41 bits per heavy atom. The summed E-state index contributed by atoms with van der Waals surface area (Å²) in [6, 6.07) is 0.470. The van der Waals surface area contributed by atoms with Gasteiger partial charge in [0.2, 0.25) is 0 Å². The Hall–Kier alpha value is -0.250. The summed E-state index contributed by atoms with van der Waals surface area (Å²) in [7, 11) is 3.20. The predicted octanol–water partition coefficient (Wildman–Crippen LogP) is 2.99. The normalized spacial score (nSPS) is 17.3. The molecule has 8 heteroatoms. The average molecular weight is 436 g/mol. The van der Waals surface area contributed by atoms with Crippen LogP contribution in [0.4, 0.5) is 13.2 Å². The molecule has 0 aliphatic heterocycles. The molecule has 1 fully saturated rings. The predicted molar refractivity (Wildman–Crippen MR) is 95.0 cm³/mol. The van der Waals surface area contributed by atoms with Gasteiger partial charge in [-0.25, -0.2) is 0 Å². The maximum atomic E-state index is 12.2. The minimum atomic E-state index is -4.12. The van der Waals surface area contributed by atoms with E-state index in [1.807, 2.05) is 0 Å². The number of hydrogen-bond acceptors (Lipinski definition) is 2. The van der Waals surface area contributed by atoms with Gasteiger partial charge in [-0.1, -0.05) is 19.3 Å². The first-order valence-corrected chi connectivity index (χ1v) is 7.63. The van der Waals surface area contributed by atoms with Crippen molar-refractivity contribution in [2.75, 3.05) is 33.7 Å². The molecule has 0 amide bonds. The molecule has 0 aromatic heterocycles. The van der Waals surface area contributed by atoms with E-state index < -0.39 is 12.7 Å². The molecule has 2 N–H and O–H groups in total. The summed E-state index contributed by atoms with van der Waals surface area (Å²) in [5.74, 6) is 0.750. The van der Waals surface area contributed by atoms with Gasteiger partial charge in [0.1, 0.15) is 0 Å². The highest BCUT2D eigenvalue weighted by Gasteiger charge is 2.28. The van der Waals surface area contributed by atoms with Crippen molar-refractivity contribution >= 4 is 29.9 Å². The second kappa shape index (κ2) is 11.3. The summed E-state index contributed by atoms with van der Waals surface area (Å²) in [5, 5.41) is 6.54. The van der Waals surface area contributed by atoms with Gasteiger partial charge in [-0.15, -0.1) is 24.0 Å². The van der Waals surface area contributed by atoms with E-state index in [1.54, 1.807) is 7.05 Å². The zero-order valence-corrected chi connectivity index (χ0v) is 15.7. The quantitative estimate of drug-likeness (QED) is 0.291. The van der Waals surface area contributed by atoms with E-state index in [0.717, 1.165) is 18.8 Å². The minimum absolute atomic E-state index is 0. The van der Waals surface area contributed by atoms with Crippen LogP contribution in [0.15, 0.2) is 4.99 Å². The molecule has 0 atom stereocenters. The van der Waals surface area contributed by atoms with Crippen molar-refractivity contribution in [1.29, 1.82) is 0 Å². The molecule has 1 aliphatic rings. The molecule has 1 aliphatic carbocycles. The summed E-state index contributed by atoms with van der Waals surface area (Å²) in [6.07, 6.45) is 2.65. The molecule has 0 spiro atoms. The molecule has 1 rings (SSSR count). The first-order chi connectivity index (χ1) is 9.90. The number of alkyl halides is 3. The van der Waals surface area contributed by atoms with Gasteiger partial charge in [-0.05, 0) is 32.9 Å². The van der Waals surface area contributed by atoms with Crippen LogP contribution in [0, 0.1) is 0 Å². The first-order valence-electron chi connectivity index (χ1n) is 7.63. The lowest BCUT2D eigenvalue weighted by atomic mass is 9.96. The molecule has 132 valence electrons. The van der Waals surface area contributed by atoms with Gasteiger partial charge < -0.3 is 10.6 Å². The monoisotopic (exact) mass is 436 g/mol. The van der Waals surface area contributed by atoms with Gasteiger partial charge in [0.25, 0.3) is 0 Å². The minimum Gasteiger partial charge on any atom is -0.356 e. The molecule has 0 aromatic rings. The van der Waals surface area contributed by atoms with E-state index in [9.17, 15) is 13.2 Å². The lowest BCUT2D eigenvalue weighted by Gasteiger charge is -2.25. The maximum Gasteiger partial charge on any atom is 0.401 e. The van der Waals surface area contributed by atoms with E-state index in [4.69, 9.17) is 0 Å². The summed E-state index contributed by atoms with van der Waals surface area (Å²) in [6.45, 7) is 0.170. The summed E-state index contributed by atoms with van der Waals surface area (Å²) < 4.78 is 36.5. The molecule has 0 saturated heterocycles. The first kappa shape index (κ1) is 21.8. The third kappa shape index (κ3) is 10.5. The van der Waals surface area contributed by atoms with E-state index in [-0.39, 0.29) is 24.0 Å². The number of hydrogen-bond donors (Lipinski definition) is 2. The second-order valence-corrected chi connectivity index (χ2v) is 5.68. The third-order valence-corrected chi connectivity index (χ3v) is 3.63. The lowest BCUT2D eigenvalue weighted by Crippen LogP contribution is -2.44. The van der Waals surface area contributed by atoms with Gasteiger partial charge >= 0.3 is 6.18 Å². The van der Waals surface area contributed by atoms with E-state index >= 15 is 0 Å². The Bertz CT molecular complexity index is 318. The Labute approximate surface area is 148 Å². The third-order valence-electron chi connectivity index (χ3n) is 3.63. The van der Waals surface area contributed by atoms with Crippen molar-refractivity contribution in [3.05, 3.63) is 0 Å². The van der Waals surface area contributed by atoms with Crippen LogP contribution in [0.1, 0.15) is 38.5 Å². The summed E-state index contributed by atoms with van der Waals surface area (Å²) in [4.78, 5) is 5.45. The van der Waals surface area contributed by atoms with Crippen molar-refractivity contribution in [2.45, 2.75) is 50.7 Å². The number of nitrogens with one attached hydrogen (secondary N) is 2. The summed E-state index contributed by atoms with van der Waals surface area (Å²) >= 11 is 0. The highest BCUT2D eigenvalue weighted by atomic mass is 127. The lowest BCUT2D eigenvalue weighted by molar-refractivity contribution is -0.143. The van der Waals surface area contributed by atoms with Gasteiger partial charge in [0.05, 0.1) is 6.54 Å². The van der Waals surface area contributed by atoms with Crippen LogP contribution in [0.2, 0.25) is 0 Å². The number of rotatable bonds is 6. The Kier molecular flexibility index (Phi) is 11.2. The van der Waals surface area contributed by atoms with E-state index in [2.05, 4.69) is 15.6 Å². The van der Waals surface area contributed by atoms with Crippen LogP contribution in [0.3, 0.4) is 0 Å². The smallest absolute Gasteiger partial charge is 0.356 e. The molecule has 1 saturated carbocycles. The van der Waals surface area contributed by atoms with Crippen molar-refractivity contribution in [1.82, 2.24) is 15.5 Å². The highest BCUT2D eigenvalue weighted by Crippen LogP contribution is 2.17. The topological polar surface area (TPSA) is 39.7 Å². The largest absolute Gasteiger partial charge is 0.401 e. The number of guanidine groups is 1. The molecule has 0 unspecified atom stereocenters. The Morgan fingerprint density at radius 2 is 1.86 bits per heavy atom. The van der Waals surface area contributed by atoms with Gasteiger partial charge in [0, 0.05) is 19.6 Å². The summed E-state index contributed by atoms with van der Waals surface area (Å²) in [5.41, 5.74) is 0. The SMILES string of the molecule is CN=C(NCCCN(C)CC(F)(F)F)NC1CCCCC1.I. The van der Waals surface area contributed by atoms with E-state index in [0.29, 0.717) is 25.6 Å². The molecule has 4 nitrogen and oxygen atoms in total. The standard InChI is InChI=1S/C14H27F3N4.HI/c1-18-13(20-12-7-4-3-5-8-12)19-9-6-10-21(2)11-14(15,16)17;/h12H,3-11H2,1-2H3,(H2,18,19,20);1H. The van der Waals surface area contributed by atoms with Crippen LogP contribution in [-0.2, 0) is 0 Å². The molecular weight excluding hydrogens is 408 g/mol. The Morgan fingerprint density at radius 1 is 1.23 bits per heavy atom. The maximum absolute atomic E-state index is 12.2. The van der Waals surface area contributed by atoms with Gasteiger partial charge in [-0.2, -0.15) is 13.2 Å². The van der Waals surface area contributed by atoms with Crippen LogP contribution < -0.4 is 10.6 Å². The average Bonchev–Trinajstić information content (AvgIpc) is 2.41. The Balaban J connectivity index is 0.00000441. The van der Waals surface area contributed by atoms with Gasteiger partial charge in [0.15, 0.2) is 5.96 Å². The fourth-order valence-corrected chi connectivity index (χ4v) is 2.58. The number of nitrogens with zero attached hydrogens (tertiary/aromatic N) is 2. The van der Waals surface area contributed by atoms with Gasteiger partial charge in [-0.3, -0.25) is 9.89 Å². The molecule has 0 radical (unpaired) electrons. The highest BCUT2D eigenvalue weighted by molar-refractivity contribution is 14.0. The van der Waals surface area contributed by atoms with E-state index in [1.165, 1.54) is 31.2 Å². The number of aliphatic imine (C=N–C) groups is 1. The van der Waals surface area contributed by atoms with Crippen molar-refractivity contribution < 1.29 is 13.2 Å². The van der Waals surface area contributed by atoms with Crippen molar-refractivity contribution in [3.8, 4) is 0 Å². The number of halogens is 4. The fraction of sp³-hybridized carbons (Fsp3) is 0.929. The van der Waals surface area contributed by atoms with Crippen LogP contribution >= 0.6 is 24.0 Å². The molecule has 22 heavy (non-hydrogen) atoms. The second-order valence-electron chi connectivity index (χ2n) is 5.68. The van der Waals surface area contributed by atoms with Crippen molar-refractivity contribution in [3.63, 3.8) is 0 Å². The molecule has 0 aromatic carbocycles. The van der Waals surface area contributed by atoms with Crippen LogP contribution in [0.25, 0.3) is 0 Å². The zero-order chi connectivity index (χ0) is 15.7.